The van der Waals surface area contributed by atoms with Crippen molar-refractivity contribution >= 4 is 0 Å². The van der Waals surface area contributed by atoms with E-state index in [2.05, 4.69) is 23.7 Å². The first-order valence-electron chi connectivity index (χ1n) is 6.47. The zero-order valence-electron chi connectivity index (χ0n) is 10.7. The average molecular weight is 238 g/mol. The highest BCUT2D eigenvalue weighted by molar-refractivity contribution is 4.96. The maximum atomic E-state index is 8.94. The maximum Gasteiger partial charge on any atom is 0.194 e. The van der Waals surface area contributed by atoms with E-state index in [1.807, 2.05) is 0 Å². The zero-order valence-corrected chi connectivity index (χ0v) is 10.7. The number of oxazole rings is 1. The van der Waals surface area contributed by atoms with Crippen molar-refractivity contribution in [3.8, 4) is 0 Å². The van der Waals surface area contributed by atoms with Gasteiger partial charge in [-0.05, 0) is 39.2 Å². The number of hydrogen-bond acceptors (Lipinski definition) is 4. The lowest BCUT2D eigenvalue weighted by atomic mass is 9.94. The van der Waals surface area contributed by atoms with Crippen LogP contribution in [0.15, 0.2) is 10.7 Å². The molecule has 1 unspecified atom stereocenters. The molecule has 1 fully saturated rings. The quantitative estimate of drug-likeness (QED) is 0.869. The van der Waals surface area contributed by atoms with Gasteiger partial charge in [-0.2, -0.15) is 0 Å². The summed E-state index contributed by atoms with van der Waals surface area (Å²) in [5.74, 6) is 1.40. The molecule has 1 aromatic rings. The average Bonchev–Trinajstić information content (AvgIpc) is 2.77. The maximum absolute atomic E-state index is 8.94. The van der Waals surface area contributed by atoms with Crippen molar-refractivity contribution in [3.05, 3.63) is 17.8 Å². The van der Waals surface area contributed by atoms with Crippen molar-refractivity contribution < 1.29 is 9.52 Å². The lowest BCUT2D eigenvalue weighted by molar-refractivity contribution is 0.136. The van der Waals surface area contributed by atoms with Gasteiger partial charge in [0.1, 0.15) is 12.0 Å². The van der Waals surface area contributed by atoms with Crippen LogP contribution < -0.4 is 0 Å². The molecule has 17 heavy (non-hydrogen) atoms. The van der Waals surface area contributed by atoms with Gasteiger partial charge in [0.25, 0.3) is 0 Å². The number of aliphatic hydroxyl groups is 1. The van der Waals surface area contributed by atoms with Crippen LogP contribution in [-0.4, -0.2) is 34.1 Å². The van der Waals surface area contributed by atoms with Gasteiger partial charge in [0, 0.05) is 19.0 Å². The van der Waals surface area contributed by atoms with Crippen LogP contribution in [-0.2, 0) is 13.0 Å². The summed E-state index contributed by atoms with van der Waals surface area (Å²) in [6, 6.07) is 0.621. The third kappa shape index (κ3) is 3.30. The van der Waals surface area contributed by atoms with Crippen LogP contribution in [0, 0.1) is 5.92 Å². The Hall–Kier alpha value is -0.870. The first-order chi connectivity index (χ1) is 8.19. The van der Waals surface area contributed by atoms with Crippen LogP contribution in [0.4, 0.5) is 0 Å². The minimum atomic E-state index is -0.0354. The molecule has 1 N–H and O–H groups in total. The van der Waals surface area contributed by atoms with E-state index < -0.39 is 0 Å². The number of hydrogen-bond donors (Lipinski definition) is 1. The summed E-state index contributed by atoms with van der Waals surface area (Å²) in [7, 11) is 0. The molecule has 4 nitrogen and oxygen atoms in total. The molecule has 1 aliphatic rings. The van der Waals surface area contributed by atoms with Crippen LogP contribution in [0.25, 0.3) is 0 Å². The first kappa shape index (κ1) is 12.6. The lowest BCUT2D eigenvalue weighted by Gasteiger charge is -2.35. The van der Waals surface area contributed by atoms with Gasteiger partial charge in [-0.1, -0.05) is 0 Å². The van der Waals surface area contributed by atoms with Crippen LogP contribution in [0.2, 0.25) is 0 Å². The molecule has 2 rings (SSSR count). The fourth-order valence-electron chi connectivity index (χ4n) is 2.50. The van der Waals surface area contributed by atoms with E-state index in [9.17, 15) is 0 Å². The Morgan fingerprint density at radius 3 is 3.06 bits per heavy atom. The number of rotatable bonds is 4. The Morgan fingerprint density at radius 1 is 1.59 bits per heavy atom. The van der Waals surface area contributed by atoms with E-state index >= 15 is 0 Å². The van der Waals surface area contributed by atoms with Gasteiger partial charge < -0.3 is 14.4 Å². The molecular formula is C13H22N2O2. The van der Waals surface area contributed by atoms with E-state index in [1.54, 1.807) is 6.26 Å². The Kier molecular flexibility index (Phi) is 4.18. The molecule has 2 heterocycles. The molecule has 0 amide bonds. The van der Waals surface area contributed by atoms with Gasteiger partial charge in [-0.15, -0.1) is 0 Å². The summed E-state index contributed by atoms with van der Waals surface area (Å²) < 4.78 is 5.36. The fourth-order valence-corrected chi connectivity index (χ4v) is 2.50. The van der Waals surface area contributed by atoms with Crippen molar-refractivity contribution in [1.82, 2.24) is 9.88 Å². The molecule has 0 aromatic carbocycles. The van der Waals surface area contributed by atoms with Crippen molar-refractivity contribution in [1.29, 1.82) is 0 Å². The van der Waals surface area contributed by atoms with Crippen molar-refractivity contribution in [2.24, 2.45) is 5.92 Å². The van der Waals surface area contributed by atoms with Gasteiger partial charge >= 0.3 is 0 Å². The molecule has 1 aliphatic heterocycles. The second-order valence-corrected chi connectivity index (χ2v) is 5.19. The number of aromatic nitrogens is 1. The SMILES string of the molecule is CC(C)N1CCCC(Cc2nc(CO)co2)C1. The Labute approximate surface area is 103 Å². The molecule has 0 radical (unpaired) electrons. The van der Waals surface area contributed by atoms with E-state index in [1.165, 1.54) is 19.4 Å². The smallest absolute Gasteiger partial charge is 0.194 e. The molecule has 96 valence electrons. The van der Waals surface area contributed by atoms with Crippen molar-refractivity contribution in [3.63, 3.8) is 0 Å². The van der Waals surface area contributed by atoms with E-state index in [0.717, 1.165) is 18.9 Å². The number of likely N-dealkylation sites (tertiary alicyclic amines) is 1. The van der Waals surface area contributed by atoms with Crippen molar-refractivity contribution in [2.75, 3.05) is 13.1 Å². The second-order valence-electron chi connectivity index (χ2n) is 5.19. The Morgan fingerprint density at radius 2 is 2.41 bits per heavy atom. The minimum Gasteiger partial charge on any atom is -0.449 e. The minimum absolute atomic E-state index is 0.0354. The molecule has 1 saturated heterocycles. The van der Waals surface area contributed by atoms with Crippen molar-refractivity contribution in [2.45, 2.75) is 45.8 Å². The number of piperidine rings is 1. The third-order valence-electron chi connectivity index (χ3n) is 3.51. The molecular weight excluding hydrogens is 216 g/mol. The molecule has 0 saturated carbocycles. The summed E-state index contributed by atoms with van der Waals surface area (Å²) in [4.78, 5) is 6.78. The Bertz CT molecular complexity index is 349. The standard InChI is InChI=1S/C13H22N2O2/c1-10(2)15-5-3-4-11(7-15)6-13-14-12(8-16)9-17-13/h9-11,16H,3-8H2,1-2H3. The highest BCUT2D eigenvalue weighted by Crippen LogP contribution is 2.22. The first-order valence-corrected chi connectivity index (χ1v) is 6.47. The van der Waals surface area contributed by atoms with Gasteiger partial charge in [-0.3, -0.25) is 0 Å². The molecule has 1 aromatic heterocycles. The highest BCUT2D eigenvalue weighted by atomic mass is 16.3. The predicted molar refractivity (Wildman–Crippen MR) is 65.6 cm³/mol. The summed E-state index contributed by atoms with van der Waals surface area (Å²) in [6.07, 6.45) is 4.96. The highest BCUT2D eigenvalue weighted by Gasteiger charge is 2.23. The molecule has 4 heteroatoms. The van der Waals surface area contributed by atoms with E-state index in [4.69, 9.17) is 9.52 Å². The normalized spacial score (nSPS) is 22.2. The van der Waals surface area contributed by atoms with Crippen LogP contribution >= 0.6 is 0 Å². The van der Waals surface area contributed by atoms with Gasteiger partial charge in [-0.25, -0.2) is 4.98 Å². The molecule has 0 aliphatic carbocycles. The predicted octanol–water partition coefficient (Wildman–Crippen LogP) is 1.83. The topological polar surface area (TPSA) is 49.5 Å². The second kappa shape index (κ2) is 5.65. The molecule has 0 bridgehead atoms. The van der Waals surface area contributed by atoms with Gasteiger partial charge in [0.05, 0.1) is 6.61 Å². The summed E-state index contributed by atoms with van der Waals surface area (Å²) >= 11 is 0. The van der Waals surface area contributed by atoms with Gasteiger partial charge in [0.15, 0.2) is 5.89 Å². The van der Waals surface area contributed by atoms with Crippen LogP contribution in [0.3, 0.4) is 0 Å². The van der Waals surface area contributed by atoms with E-state index in [-0.39, 0.29) is 6.61 Å². The molecule has 1 atom stereocenters. The zero-order chi connectivity index (χ0) is 12.3. The summed E-state index contributed by atoms with van der Waals surface area (Å²) in [5, 5.41) is 8.94. The summed E-state index contributed by atoms with van der Waals surface area (Å²) in [6.45, 7) is 6.80. The van der Waals surface area contributed by atoms with Gasteiger partial charge in [0.2, 0.25) is 0 Å². The fraction of sp³-hybridized carbons (Fsp3) is 0.769. The summed E-state index contributed by atoms with van der Waals surface area (Å²) in [5.41, 5.74) is 0.636. The van der Waals surface area contributed by atoms with Crippen LogP contribution in [0.1, 0.15) is 38.3 Å². The number of nitrogens with zero attached hydrogens (tertiary/aromatic N) is 2. The third-order valence-corrected chi connectivity index (χ3v) is 3.51. The number of aliphatic hydroxyl groups excluding tert-OH is 1. The Balaban J connectivity index is 1.90. The van der Waals surface area contributed by atoms with Crippen LogP contribution in [0.5, 0.6) is 0 Å². The largest absolute Gasteiger partial charge is 0.449 e. The lowest BCUT2D eigenvalue weighted by Crippen LogP contribution is -2.40. The molecule has 0 spiro atoms. The monoisotopic (exact) mass is 238 g/mol. The van der Waals surface area contributed by atoms with E-state index in [0.29, 0.717) is 17.7 Å².